The summed E-state index contributed by atoms with van der Waals surface area (Å²) in [4.78, 5) is 4.77. The molecule has 0 N–H and O–H groups in total. The molecular weight excluding hydrogens is 304 g/mol. The van der Waals surface area contributed by atoms with E-state index in [1.165, 1.54) is 22.5 Å². The lowest BCUT2D eigenvalue weighted by atomic mass is 9.78. The molecule has 0 aliphatic heterocycles. The van der Waals surface area contributed by atoms with Crippen LogP contribution in [0.15, 0.2) is 48.5 Å². The molecule has 0 amide bonds. The minimum absolute atomic E-state index is 0.00355. The Morgan fingerprint density at radius 1 is 0.560 bits per heavy atom. The smallest absolute Gasteiger partial charge is 0.0366 e. The predicted molar refractivity (Wildman–Crippen MR) is 112 cm³/mol. The molecule has 0 aliphatic rings. The standard InChI is InChI=1S/C23H34N2/c1-7-24(8-2)21-15-11-19(12-16-21)23(5,6)20-13-17-22(18-14-20)25(9-3)10-4/h11-18H,7-10H2,1-6H3. The summed E-state index contributed by atoms with van der Waals surface area (Å²) in [5, 5.41) is 0. The lowest BCUT2D eigenvalue weighted by molar-refractivity contribution is 0.640. The molecule has 2 aromatic rings. The number of rotatable bonds is 8. The van der Waals surface area contributed by atoms with Crippen LogP contribution in [0, 0.1) is 0 Å². The van der Waals surface area contributed by atoms with Gasteiger partial charge in [0.2, 0.25) is 0 Å². The maximum absolute atomic E-state index is 2.38. The van der Waals surface area contributed by atoms with Crippen LogP contribution >= 0.6 is 0 Å². The van der Waals surface area contributed by atoms with E-state index < -0.39 is 0 Å². The van der Waals surface area contributed by atoms with Crippen molar-refractivity contribution in [2.75, 3.05) is 36.0 Å². The number of hydrogen-bond donors (Lipinski definition) is 0. The number of nitrogens with zero attached hydrogens (tertiary/aromatic N) is 2. The van der Waals surface area contributed by atoms with Gasteiger partial charge in [-0.3, -0.25) is 0 Å². The van der Waals surface area contributed by atoms with Crippen molar-refractivity contribution in [3.63, 3.8) is 0 Å². The molecular formula is C23H34N2. The van der Waals surface area contributed by atoms with Gasteiger partial charge >= 0.3 is 0 Å². The molecule has 2 rings (SSSR count). The summed E-state index contributed by atoms with van der Waals surface area (Å²) >= 11 is 0. The molecule has 136 valence electrons. The van der Waals surface area contributed by atoms with Crippen LogP contribution in [0.3, 0.4) is 0 Å². The zero-order valence-electron chi connectivity index (χ0n) is 16.8. The van der Waals surface area contributed by atoms with E-state index in [1.54, 1.807) is 0 Å². The predicted octanol–water partition coefficient (Wildman–Crippen LogP) is 5.70. The maximum atomic E-state index is 2.38. The third-order valence-corrected chi connectivity index (χ3v) is 5.44. The SMILES string of the molecule is CCN(CC)c1ccc(C(C)(C)c2ccc(N(CC)CC)cc2)cc1. The molecule has 2 nitrogen and oxygen atoms in total. The van der Waals surface area contributed by atoms with Crippen molar-refractivity contribution in [1.82, 2.24) is 0 Å². The van der Waals surface area contributed by atoms with Crippen LogP contribution in [-0.2, 0) is 5.41 Å². The quantitative estimate of drug-likeness (QED) is 0.609. The molecule has 0 fully saturated rings. The van der Waals surface area contributed by atoms with Crippen LogP contribution in [0.1, 0.15) is 52.7 Å². The highest BCUT2D eigenvalue weighted by atomic mass is 15.1. The lowest BCUT2D eigenvalue weighted by Gasteiger charge is -2.29. The normalized spacial score (nSPS) is 11.4. The van der Waals surface area contributed by atoms with Crippen LogP contribution in [0.2, 0.25) is 0 Å². The van der Waals surface area contributed by atoms with Gasteiger partial charge < -0.3 is 9.80 Å². The van der Waals surface area contributed by atoms with Crippen molar-refractivity contribution in [2.24, 2.45) is 0 Å². The Morgan fingerprint density at radius 3 is 1.08 bits per heavy atom. The van der Waals surface area contributed by atoms with Crippen LogP contribution in [0.4, 0.5) is 11.4 Å². The van der Waals surface area contributed by atoms with E-state index in [9.17, 15) is 0 Å². The summed E-state index contributed by atoms with van der Waals surface area (Å²) in [5.74, 6) is 0. The minimum Gasteiger partial charge on any atom is -0.372 e. The Hall–Kier alpha value is -1.96. The van der Waals surface area contributed by atoms with Crippen molar-refractivity contribution in [3.8, 4) is 0 Å². The van der Waals surface area contributed by atoms with Crippen molar-refractivity contribution < 1.29 is 0 Å². The number of benzene rings is 2. The summed E-state index contributed by atoms with van der Waals surface area (Å²) in [6, 6.07) is 18.2. The molecule has 2 aromatic carbocycles. The second-order valence-corrected chi connectivity index (χ2v) is 7.06. The Kier molecular flexibility index (Phi) is 6.52. The molecule has 0 atom stereocenters. The topological polar surface area (TPSA) is 6.48 Å². The van der Waals surface area contributed by atoms with Gasteiger partial charge in [-0.15, -0.1) is 0 Å². The van der Waals surface area contributed by atoms with Crippen molar-refractivity contribution in [3.05, 3.63) is 59.7 Å². The monoisotopic (exact) mass is 338 g/mol. The van der Waals surface area contributed by atoms with Gasteiger partial charge in [-0.2, -0.15) is 0 Å². The summed E-state index contributed by atoms with van der Waals surface area (Å²) in [6.45, 7) is 17.6. The molecule has 0 saturated carbocycles. The molecule has 0 spiro atoms. The molecule has 0 radical (unpaired) electrons. The van der Waals surface area contributed by atoms with E-state index in [4.69, 9.17) is 0 Å². The Balaban J connectivity index is 2.25. The lowest BCUT2D eigenvalue weighted by Crippen LogP contribution is -2.23. The van der Waals surface area contributed by atoms with Crippen molar-refractivity contribution in [2.45, 2.75) is 47.0 Å². The molecule has 2 heteroatoms. The highest BCUT2D eigenvalue weighted by molar-refractivity contribution is 5.52. The van der Waals surface area contributed by atoms with Gasteiger partial charge in [0.05, 0.1) is 0 Å². The van der Waals surface area contributed by atoms with Gasteiger partial charge in [-0.05, 0) is 63.1 Å². The van der Waals surface area contributed by atoms with E-state index in [0.717, 1.165) is 26.2 Å². The molecule has 0 aliphatic carbocycles. The fraction of sp³-hybridized carbons (Fsp3) is 0.478. The summed E-state index contributed by atoms with van der Waals surface area (Å²) < 4.78 is 0. The first kappa shape index (κ1) is 19.4. The fourth-order valence-corrected chi connectivity index (χ4v) is 3.52. The van der Waals surface area contributed by atoms with Gasteiger partial charge in [0.1, 0.15) is 0 Å². The largest absolute Gasteiger partial charge is 0.372 e. The maximum Gasteiger partial charge on any atom is 0.0366 e. The Bertz CT molecular complexity index is 575. The molecule has 0 heterocycles. The van der Waals surface area contributed by atoms with Gasteiger partial charge in [0, 0.05) is 43.0 Å². The number of anilines is 2. The molecule has 0 aromatic heterocycles. The Morgan fingerprint density at radius 2 is 0.840 bits per heavy atom. The fourth-order valence-electron chi connectivity index (χ4n) is 3.52. The molecule has 25 heavy (non-hydrogen) atoms. The van der Waals surface area contributed by atoms with E-state index in [-0.39, 0.29) is 5.41 Å². The molecule has 0 unspecified atom stereocenters. The van der Waals surface area contributed by atoms with E-state index in [1.807, 2.05) is 0 Å². The first-order valence-corrected chi connectivity index (χ1v) is 9.68. The molecule has 0 saturated heterocycles. The van der Waals surface area contributed by atoms with E-state index in [2.05, 4.69) is 99.9 Å². The highest BCUT2D eigenvalue weighted by Crippen LogP contribution is 2.33. The van der Waals surface area contributed by atoms with Gasteiger partial charge in [0.25, 0.3) is 0 Å². The van der Waals surface area contributed by atoms with Crippen LogP contribution in [0.5, 0.6) is 0 Å². The summed E-state index contributed by atoms with van der Waals surface area (Å²) in [5.41, 5.74) is 5.34. The zero-order valence-corrected chi connectivity index (χ0v) is 16.8. The second kappa shape index (κ2) is 8.42. The van der Waals surface area contributed by atoms with Gasteiger partial charge in [-0.1, -0.05) is 38.1 Å². The number of hydrogen-bond acceptors (Lipinski definition) is 2. The van der Waals surface area contributed by atoms with Gasteiger partial charge in [0.15, 0.2) is 0 Å². The third kappa shape index (κ3) is 4.18. The van der Waals surface area contributed by atoms with Crippen LogP contribution < -0.4 is 9.80 Å². The van der Waals surface area contributed by atoms with Gasteiger partial charge in [-0.25, -0.2) is 0 Å². The van der Waals surface area contributed by atoms with Crippen molar-refractivity contribution in [1.29, 1.82) is 0 Å². The molecule has 0 bridgehead atoms. The minimum atomic E-state index is 0.00355. The van der Waals surface area contributed by atoms with Crippen LogP contribution in [0.25, 0.3) is 0 Å². The average Bonchev–Trinajstić information content (AvgIpc) is 2.65. The first-order chi connectivity index (χ1) is 12.0. The zero-order chi connectivity index (χ0) is 18.4. The summed E-state index contributed by atoms with van der Waals surface area (Å²) in [7, 11) is 0. The third-order valence-electron chi connectivity index (χ3n) is 5.44. The van der Waals surface area contributed by atoms with Crippen molar-refractivity contribution >= 4 is 11.4 Å². The van der Waals surface area contributed by atoms with Crippen LogP contribution in [-0.4, -0.2) is 26.2 Å². The summed E-state index contributed by atoms with van der Waals surface area (Å²) in [6.07, 6.45) is 0. The highest BCUT2D eigenvalue weighted by Gasteiger charge is 2.23. The first-order valence-electron chi connectivity index (χ1n) is 9.68. The second-order valence-electron chi connectivity index (χ2n) is 7.06. The van der Waals surface area contributed by atoms with E-state index >= 15 is 0 Å². The Labute approximate surface area is 154 Å². The average molecular weight is 339 g/mol. The van der Waals surface area contributed by atoms with E-state index in [0.29, 0.717) is 0 Å².